The summed E-state index contributed by atoms with van der Waals surface area (Å²) in [6.07, 6.45) is 1.90. The van der Waals surface area contributed by atoms with Gasteiger partial charge in [0.2, 0.25) is 0 Å². The van der Waals surface area contributed by atoms with Crippen LogP contribution in [0.25, 0.3) is 0 Å². The molecule has 96 valence electrons. The number of hydrogen-bond acceptors (Lipinski definition) is 1. The largest absolute Gasteiger partial charge is 0.465 e. The lowest BCUT2D eigenvalue weighted by molar-refractivity contribution is 0.467. The van der Waals surface area contributed by atoms with Gasteiger partial charge in [-0.15, -0.1) is 0 Å². The zero-order valence-electron chi connectivity index (χ0n) is 11.2. The zero-order chi connectivity index (χ0) is 13.1. The molecule has 0 aliphatic heterocycles. The van der Waals surface area contributed by atoms with Crippen molar-refractivity contribution in [1.82, 2.24) is 0 Å². The van der Waals surface area contributed by atoms with E-state index >= 15 is 0 Å². The first-order valence-corrected chi connectivity index (χ1v) is 7.30. The highest BCUT2D eigenvalue weighted by molar-refractivity contribution is 9.09. The molecule has 0 N–H and O–H groups in total. The third-order valence-corrected chi connectivity index (χ3v) is 4.10. The molecule has 18 heavy (non-hydrogen) atoms. The van der Waals surface area contributed by atoms with E-state index < -0.39 is 0 Å². The molecule has 1 aromatic carbocycles. The summed E-state index contributed by atoms with van der Waals surface area (Å²) in [6.45, 7) is 6.41. The summed E-state index contributed by atoms with van der Waals surface area (Å²) in [7, 11) is 0. The topological polar surface area (TPSA) is 13.1 Å². The molecule has 0 fully saturated rings. The highest BCUT2D eigenvalue weighted by atomic mass is 79.9. The Balaban J connectivity index is 2.10. The molecule has 2 aromatic rings. The summed E-state index contributed by atoms with van der Waals surface area (Å²) in [5, 5.41) is 0. The lowest BCUT2D eigenvalue weighted by atomic mass is 10.0. The number of halogens is 1. The van der Waals surface area contributed by atoms with Crippen LogP contribution in [-0.4, -0.2) is 0 Å². The highest BCUT2D eigenvalue weighted by Crippen LogP contribution is 2.29. The second-order valence-corrected chi connectivity index (χ2v) is 5.85. The maximum atomic E-state index is 5.77. The van der Waals surface area contributed by atoms with Gasteiger partial charge in [0.1, 0.15) is 11.5 Å². The molecule has 0 bridgehead atoms. The van der Waals surface area contributed by atoms with Gasteiger partial charge in [-0.3, -0.25) is 0 Å². The average molecular weight is 307 g/mol. The van der Waals surface area contributed by atoms with E-state index in [-0.39, 0.29) is 4.83 Å². The van der Waals surface area contributed by atoms with E-state index in [0.717, 1.165) is 24.4 Å². The molecule has 0 spiro atoms. The monoisotopic (exact) mass is 306 g/mol. The molecule has 0 amide bonds. The van der Waals surface area contributed by atoms with Gasteiger partial charge in [0.15, 0.2) is 0 Å². The molecule has 2 rings (SSSR count). The van der Waals surface area contributed by atoms with Gasteiger partial charge in [-0.25, -0.2) is 0 Å². The summed E-state index contributed by atoms with van der Waals surface area (Å²) in [5.74, 6) is 2.07. The van der Waals surface area contributed by atoms with Gasteiger partial charge in [-0.05, 0) is 49.1 Å². The smallest absolute Gasteiger partial charge is 0.118 e. The third kappa shape index (κ3) is 3.05. The predicted octanol–water partition coefficient (Wildman–Crippen LogP) is 5.14. The van der Waals surface area contributed by atoms with Crippen LogP contribution in [0.5, 0.6) is 0 Å². The van der Waals surface area contributed by atoms with Crippen LogP contribution in [0.1, 0.15) is 40.0 Å². The first kappa shape index (κ1) is 13.4. The van der Waals surface area contributed by atoms with Crippen molar-refractivity contribution >= 4 is 15.9 Å². The van der Waals surface area contributed by atoms with Gasteiger partial charge in [-0.2, -0.15) is 0 Å². The first-order valence-electron chi connectivity index (χ1n) is 6.39. The number of rotatable bonds is 4. The van der Waals surface area contributed by atoms with E-state index in [2.05, 4.69) is 67.0 Å². The van der Waals surface area contributed by atoms with Gasteiger partial charge in [0, 0.05) is 6.42 Å². The Morgan fingerprint density at radius 1 is 1.11 bits per heavy atom. The fourth-order valence-electron chi connectivity index (χ4n) is 1.99. The first-order chi connectivity index (χ1) is 8.60. The fourth-order valence-corrected chi connectivity index (χ4v) is 2.61. The molecule has 1 atom stereocenters. The van der Waals surface area contributed by atoms with Crippen molar-refractivity contribution in [2.75, 3.05) is 0 Å². The minimum atomic E-state index is 0.250. The van der Waals surface area contributed by atoms with Crippen LogP contribution in [-0.2, 0) is 12.8 Å². The molecule has 0 saturated carbocycles. The third-order valence-electron chi connectivity index (χ3n) is 3.33. The maximum Gasteiger partial charge on any atom is 0.118 e. The summed E-state index contributed by atoms with van der Waals surface area (Å²) in [6, 6.07) is 10.8. The van der Waals surface area contributed by atoms with Crippen LogP contribution >= 0.6 is 15.9 Å². The highest BCUT2D eigenvalue weighted by Gasteiger charge is 2.13. The van der Waals surface area contributed by atoms with E-state index in [9.17, 15) is 0 Å². The van der Waals surface area contributed by atoms with Gasteiger partial charge >= 0.3 is 0 Å². The van der Waals surface area contributed by atoms with Gasteiger partial charge in [0.05, 0.1) is 4.83 Å². The van der Waals surface area contributed by atoms with Crippen molar-refractivity contribution in [3.63, 3.8) is 0 Å². The normalized spacial score (nSPS) is 12.7. The molecule has 1 heterocycles. The van der Waals surface area contributed by atoms with Crippen LogP contribution in [0.15, 0.2) is 34.7 Å². The predicted molar refractivity (Wildman–Crippen MR) is 79.4 cm³/mol. The minimum absolute atomic E-state index is 0.250. The van der Waals surface area contributed by atoms with Crippen LogP contribution in [0.4, 0.5) is 0 Å². The van der Waals surface area contributed by atoms with Crippen LogP contribution in [0, 0.1) is 13.8 Å². The Bertz CT molecular complexity index is 528. The van der Waals surface area contributed by atoms with Crippen molar-refractivity contribution in [2.45, 2.75) is 38.4 Å². The van der Waals surface area contributed by atoms with Crippen molar-refractivity contribution in [3.8, 4) is 0 Å². The molecule has 2 heteroatoms. The van der Waals surface area contributed by atoms with Crippen molar-refractivity contribution in [3.05, 3.63) is 58.5 Å². The Labute approximate surface area is 117 Å². The molecular formula is C16H19BrO. The molecule has 0 aliphatic carbocycles. The van der Waals surface area contributed by atoms with E-state index in [0.29, 0.717) is 0 Å². The second kappa shape index (κ2) is 5.75. The molecule has 1 aromatic heterocycles. The van der Waals surface area contributed by atoms with Gasteiger partial charge in [0.25, 0.3) is 0 Å². The molecule has 0 radical (unpaired) electrons. The minimum Gasteiger partial charge on any atom is -0.465 e. The molecular weight excluding hydrogens is 288 g/mol. The standard InChI is InChI=1S/C16H19BrO/c1-4-14-7-8-16(18-14)15(17)10-13-6-5-11(2)12(3)9-13/h5-9,15H,4,10H2,1-3H3. The summed E-state index contributed by atoms with van der Waals surface area (Å²) < 4.78 is 5.77. The second-order valence-electron chi connectivity index (χ2n) is 4.75. The van der Waals surface area contributed by atoms with Crippen LogP contribution in [0.2, 0.25) is 0 Å². The lowest BCUT2D eigenvalue weighted by Crippen LogP contribution is -1.95. The number of benzene rings is 1. The molecule has 0 aliphatic rings. The van der Waals surface area contributed by atoms with Crippen LogP contribution < -0.4 is 0 Å². The lowest BCUT2D eigenvalue weighted by Gasteiger charge is -2.09. The van der Waals surface area contributed by atoms with E-state index in [1.54, 1.807) is 0 Å². The maximum absolute atomic E-state index is 5.77. The van der Waals surface area contributed by atoms with Crippen molar-refractivity contribution in [2.24, 2.45) is 0 Å². The Hall–Kier alpha value is -1.02. The number of furan rings is 1. The SMILES string of the molecule is CCc1ccc(C(Br)Cc2ccc(C)c(C)c2)o1. The van der Waals surface area contributed by atoms with Gasteiger partial charge < -0.3 is 4.42 Å². The molecule has 1 nitrogen and oxygen atoms in total. The Morgan fingerprint density at radius 2 is 1.89 bits per heavy atom. The van der Waals surface area contributed by atoms with E-state index in [4.69, 9.17) is 4.42 Å². The average Bonchev–Trinajstić information content (AvgIpc) is 2.82. The van der Waals surface area contributed by atoms with Crippen molar-refractivity contribution < 1.29 is 4.42 Å². The number of alkyl halides is 1. The zero-order valence-corrected chi connectivity index (χ0v) is 12.8. The summed E-state index contributed by atoms with van der Waals surface area (Å²) >= 11 is 3.71. The van der Waals surface area contributed by atoms with E-state index in [1.165, 1.54) is 16.7 Å². The number of aryl methyl sites for hydroxylation is 3. The number of hydrogen-bond donors (Lipinski definition) is 0. The van der Waals surface area contributed by atoms with Crippen molar-refractivity contribution in [1.29, 1.82) is 0 Å². The Morgan fingerprint density at radius 3 is 2.50 bits per heavy atom. The molecule has 0 saturated heterocycles. The Kier molecular flexibility index (Phi) is 4.28. The fraction of sp³-hybridized carbons (Fsp3) is 0.375. The molecule has 1 unspecified atom stereocenters. The summed E-state index contributed by atoms with van der Waals surface area (Å²) in [4.78, 5) is 0.250. The van der Waals surface area contributed by atoms with Gasteiger partial charge in [-0.1, -0.05) is 41.1 Å². The van der Waals surface area contributed by atoms with E-state index in [1.807, 2.05) is 0 Å². The van der Waals surface area contributed by atoms with Crippen LogP contribution in [0.3, 0.4) is 0 Å². The summed E-state index contributed by atoms with van der Waals surface area (Å²) in [5.41, 5.74) is 4.03. The quantitative estimate of drug-likeness (QED) is 0.713.